The summed E-state index contributed by atoms with van der Waals surface area (Å²) in [5, 5.41) is 8.88. The van der Waals surface area contributed by atoms with Gasteiger partial charge in [0.05, 0.1) is 6.61 Å². The lowest BCUT2D eigenvalue weighted by atomic mass is 9.91. The van der Waals surface area contributed by atoms with Gasteiger partial charge in [-0.1, -0.05) is 118 Å². The molecule has 1 aromatic rings. The summed E-state index contributed by atoms with van der Waals surface area (Å²) in [4.78, 5) is 0. The lowest BCUT2D eigenvalue weighted by molar-refractivity contribution is 0.281. The second-order valence-corrected chi connectivity index (χ2v) is 10.9. The van der Waals surface area contributed by atoms with E-state index in [1.165, 1.54) is 80.9 Å². The molecule has 3 atom stereocenters. The van der Waals surface area contributed by atoms with Gasteiger partial charge in [-0.2, -0.15) is 0 Å². The third-order valence-electron chi connectivity index (χ3n) is 7.13. The first-order valence-corrected chi connectivity index (χ1v) is 13.3. The molecule has 0 saturated heterocycles. The van der Waals surface area contributed by atoms with Gasteiger partial charge < -0.3 is 5.11 Å². The van der Waals surface area contributed by atoms with Crippen molar-refractivity contribution in [3.63, 3.8) is 0 Å². The molecule has 0 heterocycles. The Balaban J connectivity index is 0.000000683. The molecule has 1 aromatic carbocycles. The van der Waals surface area contributed by atoms with E-state index in [1.807, 2.05) is 12.1 Å². The van der Waals surface area contributed by atoms with Gasteiger partial charge in [-0.3, -0.25) is 0 Å². The van der Waals surface area contributed by atoms with Crippen LogP contribution in [-0.2, 0) is 6.61 Å². The maximum atomic E-state index is 8.88. The third-order valence-corrected chi connectivity index (χ3v) is 7.13. The van der Waals surface area contributed by atoms with Crippen molar-refractivity contribution in [2.24, 2.45) is 23.7 Å². The molecule has 1 N–H and O–H groups in total. The molecular weight excluding hydrogens is 376 g/mol. The second-order valence-electron chi connectivity index (χ2n) is 10.9. The molecule has 1 rings (SSSR count). The lowest BCUT2D eigenvalue weighted by Crippen LogP contribution is -2.01. The highest BCUT2D eigenvalue weighted by atomic mass is 16.3. The molecule has 0 bridgehead atoms. The first-order chi connectivity index (χ1) is 14.6. The minimum absolute atomic E-state index is 0.141. The standard InChI is InChI=1S/C20H42.C10H14O/c1-7-18(4)12-9-14-20(6)16-10-15-19(5)13-8-11-17(2)3;1-7-4-10(6-11)5-8(2)9(7)3/h17-20H,7-16H2,1-6H3;4-5,11H,6H2,1-3H3. The number of aliphatic hydroxyl groups excluding tert-OH is 1. The summed E-state index contributed by atoms with van der Waals surface area (Å²) in [6, 6.07) is 4.06. The van der Waals surface area contributed by atoms with Crippen LogP contribution in [0.1, 0.15) is 128 Å². The molecule has 182 valence electrons. The summed E-state index contributed by atoms with van der Waals surface area (Å²) >= 11 is 0. The van der Waals surface area contributed by atoms with Crippen molar-refractivity contribution in [1.29, 1.82) is 0 Å². The maximum Gasteiger partial charge on any atom is 0.0682 e. The van der Waals surface area contributed by atoms with Gasteiger partial charge in [-0.05, 0) is 66.7 Å². The normalized spacial score (nSPS) is 14.2. The highest BCUT2D eigenvalue weighted by Crippen LogP contribution is 2.22. The van der Waals surface area contributed by atoms with E-state index in [2.05, 4.69) is 62.3 Å². The monoisotopic (exact) mass is 432 g/mol. The minimum atomic E-state index is 0.141. The van der Waals surface area contributed by atoms with Gasteiger partial charge in [0.25, 0.3) is 0 Å². The van der Waals surface area contributed by atoms with Crippen LogP contribution in [0.2, 0.25) is 0 Å². The van der Waals surface area contributed by atoms with Gasteiger partial charge in [0.2, 0.25) is 0 Å². The topological polar surface area (TPSA) is 20.2 Å². The number of aryl methyl sites for hydroxylation is 2. The van der Waals surface area contributed by atoms with Crippen molar-refractivity contribution in [1.82, 2.24) is 0 Å². The Hall–Kier alpha value is -0.820. The molecule has 0 aliphatic rings. The van der Waals surface area contributed by atoms with E-state index in [1.54, 1.807) is 0 Å². The first kappa shape index (κ1) is 30.2. The molecule has 3 unspecified atom stereocenters. The number of aliphatic hydroxyl groups is 1. The van der Waals surface area contributed by atoms with Crippen molar-refractivity contribution in [2.45, 2.75) is 133 Å². The van der Waals surface area contributed by atoms with Gasteiger partial charge in [0.15, 0.2) is 0 Å². The fraction of sp³-hybridized carbons (Fsp3) is 0.800. The van der Waals surface area contributed by atoms with E-state index in [0.29, 0.717) is 0 Å². The van der Waals surface area contributed by atoms with Crippen molar-refractivity contribution >= 4 is 0 Å². The Labute approximate surface area is 196 Å². The van der Waals surface area contributed by atoms with Crippen LogP contribution in [0.3, 0.4) is 0 Å². The fourth-order valence-corrected chi connectivity index (χ4v) is 4.21. The van der Waals surface area contributed by atoms with Crippen molar-refractivity contribution in [2.75, 3.05) is 0 Å². The van der Waals surface area contributed by atoms with Crippen LogP contribution in [0.15, 0.2) is 12.1 Å². The van der Waals surface area contributed by atoms with E-state index in [0.717, 1.165) is 29.2 Å². The van der Waals surface area contributed by atoms with Gasteiger partial charge >= 0.3 is 0 Å². The summed E-state index contributed by atoms with van der Waals surface area (Å²) in [5.74, 6) is 3.71. The third kappa shape index (κ3) is 15.6. The Morgan fingerprint density at radius 1 is 0.645 bits per heavy atom. The molecular formula is C30H56O. The van der Waals surface area contributed by atoms with Gasteiger partial charge in [-0.15, -0.1) is 0 Å². The number of rotatable bonds is 14. The average molecular weight is 433 g/mol. The second kappa shape index (κ2) is 17.7. The predicted octanol–water partition coefficient (Wildman–Crippen LogP) is 9.58. The van der Waals surface area contributed by atoms with E-state index >= 15 is 0 Å². The molecule has 0 saturated carbocycles. The largest absolute Gasteiger partial charge is 0.392 e. The van der Waals surface area contributed by atoms with E-state index in [9.17, 15) is 0 Å². The van der Waals surface area contributed by atoms with Gasteiger partial charge in [-0.25, -0.2) is 0 Å². The molecule has 0 aromatic heterocycles. The van der Waals surface area contributed by atoms with Crippen molar-refractivity contribution < 1.29 is 5.11 Å². The van der Waals surface area contributed by atoms with Gasteiger partial charge in [0.1, 0.15) is 0 Å². The predicted molar refractivity (Wildman–Crippen MR) is 141 cm³/mol. The molecule has 0 radical (unpaired) electrons. The highest BCUT2D eigenvalue weighted by Gasteiger charge is 2.07. The Morgan fingerprint density at radius 3 is 1.39 bits per heavy atom. The summed E-state index contributed by atoms with van der Waals surface area (Å²) in [6.45, 7) is 20.7. The van der Waals surface area contributed by atoms with E-state index in [4.69, 9.17) is 5.11 Å². The molecule has 0 aliphatic heterocycles. The molecule has 1 heteroatoms. The molecule has 1 nitrogen and oxygen atoms in total. The van der Waals surface area contributed by atoms with E-state index < -0.39 is 0 Å². The molecule has 31 heavy (non-hydrogen) atoms. The van der Waals surface area contributed by atoms with Crippen LogP contribution in [0.5, 0.6) is 0 Å². The zero-order valence-electron chi connectivity index (χ0n) is 22.7. The number of hydrogen-bond donors (Lipinski definition) is 1. The lowest BCUT2D eigenvalue weighted by Gasteiger charge is -2.15. The van der Waals surface area contributed by atoms with Crippen LogP contribution in [0.25, 0.3) is 0 Å². The number of benzene rings is 1. The minimum Gasteiger partial charge on any atom is -0.392 e. The SMILES string of the molecule is CCC(C)CCCC(C)CCCC(C)CCCC(C)C.Cc1cc(CO)cc(C)c1C. The Morgan fingerprint density at radius 2 is 1.03 bits per heavy atom. The Kier molecular flexibility index (Phi) is 17.2. The van der Waals surface area contributed by atoms with Crippen LogP contribution in [-0.4, -0.2) is 5.11 Å². The molecule has 0 aliphatic carbocycles. The molecule has 0 amide bonds. The summed E-state index contributed by atoms with van der Waals surface area (Å²) in [6.07, 6.45) is 14.3. The summed E-state index contributed by atoms with van der Waals surface area (Å²) in [7, 11) is 0. The average Bonchev–Trinajstić information content (AvgIpc) is 2.71. The zero-order chi connectivity index (χ0) is 23.8. The quantitative estimate of drug-likeness (QED) is 0.310. The molecule has 0 spiro atoms. The van der Waals surface area contributed by atoms with Crippen LogP contribution in [0, 0.1) is 44.4 Å². The Bertz CT molecular complexity index is 537. The van der Waals surface area contributed by atoms with Crippen LogP contribution in [0.4, 0.5) is 0 Å². The zero-order valence-corrected chi connectivity index (χ0v) is 22.7. The fourth-order valence-electron chi connectivity index (χ4n) is 4.21. The maximum absolute atomic E-state index is 8.88. The van der Waals surface area contributed by atoms with E-state index in [-0.39, 0.29) is 6.61 Å². The highest BCUT2D eigenvalue weighted by molar-refractivity contribution is 5.36. The van der Waals surface area contributed by atoms with Crippen LogP contribution >= 0.6 is 0 Å². The summed E-state index contributed by atoms with van der Waals surface area (Å²) < 4.78 is 0. The first-order valence-electron chi connectivity index (χ1n) is 13.3. The van der Waals surface area contributed by atoms with Crippen molar-refractivity contribution in [3.8, 4) is 0 Å². The number of hydrogen-bond acceptors (Lipinski definition) is 1. The smallest absolute Gasteiger partial charge is 0.0682 e. The summed E-state index contributed by atoms with van der Waals surface area (Å²) in [5.41, 5.74) is 4.84. The van der Waals surface area contributed by atoms with Crippen LogP contribution < -0.4 is 0 Å². The van der Waals surface area contributed by atoms with Gasteiger partial charge in [0, 0.05) is 0 Å². The molecule has 0 fully saturated rings. The van der Waals surface area contributed by atoms with Crippen molar-refractivity contribution in [3.05, 3.63) is 34.4 Å².